The van der Waals surface area contributed by atoms with Gasteiger partial charge in [0.05, 0.1) is 6.61 Å². The van der Waals surface area contributed by atoms with Gasteiger partial charge in [-0.05, 0) is 68.4 Å². The summed E-state index contributed by atoms with van der Waals surface area (Å²) in [6.07, 6.45) is 12.8. The van der Waals surface area contributed by atoms with Gasteiger partial charge in [-0.15, -0.1) is 0 Å². The molecule has 2 rings (SSSR count). The molecule has 1 nitrogen and oxygen atoms in total. The van der Waals surface area contributed by atoms with Crippen LogP contribution in [0.15, 0.2) is 36.4 Å². The van der Waals surface area contributed by atoms with E-state index in [1.54, 1.807) is 7.11 Å². The van der Waals surface area contributed by atoms with Crippen LogP contribution in [-0.4, -0.2) is 7.11 Å². The summed E-state index contributed by atoms with van der Waals surface area (Å²) in [5.74, 6) is 1.79. The minimum Gasteiger partial charge on any atom is -0.380 e. The van der Waals surface area contributed by atoms with Crippen molar-refractivity contribution >= 4 is 0 Å². The monoisotopic (exact) mass is 272 g/mol. The molecule has 1 aromatic carbocycles. The Hall–Kier alpha value is -1.08. The van der Waals surface area contributed by atoms with Crippen LogP contribution in [0.4, 0.5) is 0 Å². The van der Waals surface area contributed by atoms with Crippen molar-refractivity contribution in [3.05, 3.63) is 47.5 Å². The highest BCUT2D eigenvalue weighted by molar-refractivity contribution is 5.22. The van der Waals surface area contributed by atoms with E-state index in [0.717, 1.165) is 18.4 Å². The topological polar surface area (TPSA) is 9.23 Å². The van der Waals surface area contributed by atoms with E-state index in [-0.39, 0.29) is 0 Å². The third-order valence-electron chi connectivity index (χ3n) is 4.53. The van der Waals surface area contributed by atoms with Crippen molar-refractivity contribution in [1.82, 2.24) is 0 Å². The Morgan fingerprint density at radius 1 is 1.05 bits per heavy atom. The van der Waals surface area contributed by atoms with Crippen LogP contribution < -0.4 is 0 Å². The summed E-state index contributed by atoms with van der Waals surface area (Å²) in [5.41, 5.74) is 2.74. The molecule has 1 saturated carbocycles. The van der Waals surface area contributed by atoms with Gasteiger partial charge in [0.1, 0.15) is 0 Å². The van der Waals surface area contributed by atoms with Gasteiger partial charge in [-0.1, -0.05) is 36.4 Å². The standard InChI is InChI=1S/C19H28O/c1-3-4-16-5-7-17(8-6-16)9-10-18-11-13-19(14-12-18)15-20-2/h3-4,11-14,16-17H,5-10,15H2,1-2H3/b4-3-. The molecule has 0 saturated heterocycles. The SMILES string of the molecule is C/C=C\C1CCC(CCc2ccc(COC)cc2)CC1. The van der Waals surface area contributed by atoms with Crippen LogP contribution in [0.3, 0.4) is 0 Å². The third kappa shape index (κ3) is 4.79. The highest BCUT2D eigenvalue weighted by Gasteiger charge is 2.18. The third-order valence-corrected chi connectivity index (χ3v) is 4.53. The first-order valence-electron chi connectivity index (χ1n) is 8.01. The van der Waals surface area contributed by atoms with E-state index in [4.69, 9.17) is 4.74 Å². The Bertz CT molecular complexity index is 396. The molecule has 1 aromatic rings. The maximum Gasteiger partial charge on any atom is 0.0713 e. The summed E-state index contributed by atoms with van der Waals surface area (Å²) in [5, 5.41) is 0. The number of hydrogen-bond acceptors (Lipinski definition) is 1. The van der Waals surface area contributed by atoms with Crippen LogP contribution >= 0.6 is 0 Å². The van der Waals surface area contributed by atoms with Gasteiger partial charge < -0.3 is 4.74 Å². The molecule has 1 heteroatoms. The van der Waals surface area contributed by atoms with Gasteiger partial charge in [-0.25, -0.2) is 0 Å². The Morgan fingerprint density at radius 3 is 2.30 bits per heavy atom. The van der Waals surface area contributed by atoms with E-state index in [0.29, 0.717) is 0 Å². The summed E-state index contributed by atoms with van der Waals surface area (Å²) < 4.78 is 5.15. The molecular formula is C19H28O. The molecule has 0 amide bonds. The van der Waals surface area contributed by atoms with E-state index < -0.39 is 0 Å². The van der Waals surface area contributed by atoms with Crippen LogP contribution in [0, 0.1) is 11.8 Å². The van der Waals surface area contributed by atoms with Crippen molar-refractivity contribution in [2.75, 3.05) is 7.11 Å². The van der Waals surface area contributed by atoms with Crippen molar-refractivity contribution < 1.29 is 4.74 Å². The van der Waals surface area contributed by atoms with Gasteiger partial charge in [0.25, 0.3) is 0 Å². The average molecular weight is 272 g/mol. The Labute approximate surface area is 124 Å². The van der Waals surface area contributed by atoms with Gasteiger partial charge in [0, 0.05) is 7.11 Å². The molecule has 1 fully saturated rings. The summed E-state index contributed by atoms with van der Waals surface area (Å²) in [4.78, 5) is 0. The lowest BCUT2D eigenvalue weighted by Crippen LogP contribution is -2.13. The lowest BCUT2D eigenvalue weighted by atomic mass is 9.79. The fourth-order valence-corrected chi connectivity index (χ4v) is 3.28. The Kier molecular flexibility index (Phi) is 6.32. The zero-order chi connectivity index (χ0) is 14.2. The maximum absolute atomic E-state index is 5.15. The van der Waals surface area contributed by atoms with Crippen molar-refractivity contribution in [3.63, 3.8) is 0 Å². The molecule has 0 heterocycles. The van der Waals surface area contributed by atoms with Crippen molar-refractivity contribution in [3.8, 4) is 0 Å². The first-order valence-corrected chi connectivity index (χ1v) is 8.01. The largest absolute Gasteiger partial charge is 0.380 e. The van der Waals surface area contributed by atoms with Crippen molar-refractivity contribution in [1.29, 1.82) is 0 Å². The smallest absolute Gasteiger partial charge is 0.0713 e. The number of hydrogen-bond donors (Lipinski definition) is 0. The molecule has 0 aromatic heterocycles. The zero-order valence-electron chi connectivity index (χ0n) is 13.0. The number of aryl methyl sites for hydroxylation is 1. The number of ether oxygens (including phenoxy) is 1. The van der Waals surface area contributed by atoms with Crippen molar-refractivity contribution in [2.45, 2.75) is 52.1 Å². The molecule has 0 spiro atoms. The van der Waals surface area contributed by atoms with Gasteiger partial charge >= 0.3 is 0 Å². The molecule has 0 unspecified atom stereocenters. The quantitative estimate of drug-likeness (QED) is 0.651. The number of rotatable bonds is 6. The first kappa shape index (κ1) is 15.3. The normalized spacial score (nSPS) is 23.3. The van der Waals surface area contributed by atoms with Crippen LogP contribution in [0.2, 0.25) is 0 Å². The highest BCUT2D eigenvalue weighted by atomic mass is 16.5. The number of benzene rings is 1. The van der Waals surface area contributed by atoms with Crippen LogP contribution in [0.25, 0.3) is 0 Å². The average Bonchev–Trinajstić information content (AvgIpc) is 2.49. The lowest BCUT2D eigenvalue weighted by Gasteiger charge is -2.26. The minimum atomic E-state index is 0.717. The number of methoxy groups -OCH3 is 1. The van der Waals surface area contributed by atoms with Gasteiger partial charge in [-0.3, -0.25) is 0 Å². The molecule has 110 valence electrons. The number of allylic oxidation sites excluding steroid dienone is 2. The highest BCUT2D eigenvalue weighted by Crippen LogP contribution is 2.32. The zero-order valence-corrected chi connectivity index (χ0v) is 13.0. The predicted molar refractivity (Wildman–Crippen MR) is 85.7 cm³/mol. The van der Waals surface area contributed by atoms with E-state index in [9.17, 15) is 0 Å². The second-order valence-electron chi connectivity index (χ2n) is 6.09. The summed E-state index contributed by atoms with van der Waals surface area (Å²) >= 11 is 0. The van der Waals surface area contributed by atoms with Gasteiger partial charge in [-0.2, -0.15) is 0 Å². The second kappa shape index (κ2) is 8.26. The molecule has 0 atom stereocenters. The Balaban J connectivity index is 1.73. The molecule has 1 aliphatic rings. The van der Waals surface area contributed by atoms with E-state index in [1.807, 2.05) is 0 Å². The lowest BCUT2D eigenvalue weighted by molar-refractivity contribution is 0.185. The van der Waals surface area contributed by atoms with Gasteiger partial charge in [0.15, 0.2) is 0 Å². The summed E-state index contributed by atoms with van der Waals surface area (Å²) in [6, 6.07) is 8.92. The molecule has 0 aliphatic heterocycles. The summed E-state index contributed by atoms with van der Waals surface area (Å²) in [7, 11) is 1.75. The Morgan fingerprint density at radius 2 is 1.70 bits per heavy atom. The molecule has 1 aliphatic carbocycles. The van der Waals surface area contributed by atoms with Crippen molar-refractivity contribution in [2.24, 2.45) is 11.8 Å². The molecule has 0 N–H and O–H groups in total. The predicted octanol–water partition coefficient (Wildman–Crippen LogP) is 5.15. The molecule has 0 bridgehead atoms. The van der Waals surface area contributed by atoms with E-state index in [2.05, 4.69) is 43.3 Å². The molecule has 0 radical (unpaired) electrons. The fourth-order valence-electron chi connectivity index (χ4n) is 3.28. The second-order valence-corrected chi connectivity index (χ2v) is 6.09. The maximum atomic E-state index is 5.15. The van der Waals surface area contributed by atoms with Crippen LogP contribution in [0.1, 0.15) is 50.2 Å². The van der Waals surface area contributed by atoms with Crippen LogP contribution in [-0.2, 0) is 17.8 Å². The summed E-state index contributed by atoms with van der Waals surface area (Å²) in [6.45, 7) is 2.86. The van der Waals surface area contributed by atoms with Gasteiger partial charge in [0.2, 0.25) is 0 Å². The van der Waals surface area contributed by atoms with E-state index in [1.165, 1.54) is 49.7 Å². The van der Waals surface area contributed by atoms with Crippen LogP contribution in [0.5, 0.6) is 0 Å². The first-order chi connectivity index (χ1) is 9.81. The molecular weight excluding hydrogens is 244 g/mol. The van der Waals surface area contributed by atoms with E-state index >= 15 is 0 Å². The molecule has 20 heavy (non-hydrogen) atoms. The minimum absolute atomic E-state index is 0.717. The fraction of sp³-hybridized carbons (Fsp3) is 0.579.